The Kier molecular flexibility index (Phi) is 7.13. The average Bonchev–Trinajstić information content (AvgIpc) is 3.28. The van der Waals surface area contributed by atoms with Crippen molar-refractivity contribution >= 4 is 11.6 Å². The molecule has 0 aromatic heterocycles. The van der Waals surface area contributed by atoms with Crippen molar-refractivity contribution in [2.45, 2.75) is 49.5 Å². The Morgan fingerprint density at radius 3 is 2.45 bits per heavy atom. The Bertz CT molecular complexity index is 867. The summed E-state index contributed by atoms with van der Waals surface area (Å²) in [5.74, 6) is 0.792. The first-order valence-corrected chi connectivity index (χ1v) is 10.8. The van der Waals surface area contributed by atoms with Crippen molar-refractivity contribution in [1.29, 1.82) is 0 Å². The molecule has 2 aromatic carbocycles. The SMILES string of the molecule is OC[C@H]1O[C@@H](c2ccc(Cl)c(Cc3ccc(O[C@H]4CCOC4)cc3)c2)[C@H](O)[C@@H](O)[C@H]1O. The van der Waals surface area contributed by atoms with Crippen LogP contribution in [0.15, 0.2) is 42.5 Å². The molecular weight excluding hydrogens is 424 g/mol. The predicted molar refractivity (Wildman–Crippen MR) is 113 cm³/mol. The fraction of sp³-hybridized carbons (Fsp3) is 0.478. The lowest BCUT2D eigenvalue weighted by Gasteiger charge is -2.40. The van der Waals surface area contributed by atoms with Gasteiger partial charge in [0.05, 0.1) is 19.8 Å². The highest BCUT2D eigenvalue weighted by Gasteiger charge is 2.44. The molecule has 0 radical (unpaired) electrons. The van der Waals surface area contributed by atoms with E-state index in [-0.39, 0.29) is 6.10 Å². The first-order chi connectivity index (χ1) is 15.0. The van der Waals surface area contributed by atoms with E-state index in [1.807, 2.05) is 30.3 Å². The highest BCUT2D eigenvalue weighted by atomic mass is 35.5. The van der Waals surface area contributed by atoms with Gasteiger partial charge in [0.15, 0.2) is 0 Å². The molecular formula is C23H27ClO7. The van der Waals surface area contributed by atoms with Crippen LogP contribution in [0.2, 0.25) is 5.02 Å². The van der Waals surface area contributed by atoms with Crippen LogP contribution in [0.1, 0.15) is 29.2 Å². The molecule has 6 atom stereocenters. The van der Waals surface area contributed by atoms with E-state index >= 15 is 0 Å². The van der Waals surface area contributed by atoms with Gasteiger partial charge in [-0.2, -0.15) is 0 Å². The summed E-state index contributed by atoms with van der Waals surface area (Å²) >= 11 is 6.40. The molecule has 2 heterocycles. The van der Waals surface area contributed by atoms with Gasteiger partial charge in [-0.25, -0.2) is 0 Å². The number of benzene rings is 2. The summed E-state index contributed by atoms with van der Waals surface area (Å²) in [5, 5.41) is 40.5. The van der Waals surface area contributed by atoms with Crippen LogP contribution in [0.4, 0.5) is 0 Å². The summed E-state index contributed by atoms with van der Waals surface area (Å²) < 4.78 is 16.9. The van der Waals surface area contributed by atoms with Gasteiger partial charge in [0, 0.05) is 11.4 Å². The zero-order valence-corrected chi connectivity index (χ0v) is 17.7. The van der Waals surface area contributed by atoms with Gasteiger partial charge in [0.25, 0.3) is 0 Å². The third kappa shape index (κ3) is 5.04. The van der Waals surface area contributed by atoms with E-state index in [1.54, 1.807) is 12.1 Å². The normalized spacial score (nSPS) is 31.0. The van der Waals surface area contributed by atoms with Crippen LogP contribution < -0.4 is 4.74 Å². The molecule has 4 N–H and O–H groups in total. The number of hydrogen-bond acceptors (Lipinski definition) is 7. The first-order valence-electron chi connectivity index (χ1n) is 10.4. The molecule has 2 aliphatic rings. The lowest BCUT2D eigenvalue weighted by Crippen LogP contribution is -2.55. The van der Waals surface area contributed by atoms with Crippen molar-refractivity contribution in [2.75, 3.05) is 19.8 Å². The number of halogens is 1. The molecule has 168 valence electrons. The zero-order valence-electron chi connectivity index (χ0n) is 16.9. The molecule has 0 aliphatic carbocycles. The fourth-order valence-corrected chi connectivity index (χ4v) is 4.17. The maximum absolute atomic E-state index is 10.4. The Morgan fingerprint density at radius 1 is 1.00 bits per heavy atom. The van der Waals surface area contributed by atoms with Gasteiger partial charge in [-0.3, -0.25) is 0 Å². The van der Waals surface area contributed by atoms with Crippen LogP contribution in [0.3, 0.4) is 0 Å². The molecule has 7 nitrogen and oxygen atoms in total. The first kappa shape index (κ1) is 22.5. The van der Waals surface area contributed by atoms with E-state index in [2.05, 4.69) is 0 Å². The van der Waals surface area contributed by atoms with Crippen LogP contribution in [0.5, 0.6) is 5.75 Å². The monoisotopic (exact) mass is 450 g/mol. The van der Waals surface area contributed by atoms with Gasteiger partial charge in [-0.05, 0) is 41.3 Å². The molecule has 2 saturated heterocycles. The summed E-state index contributed by atoms with van der Waals surface area (Å²) in [4.78, 5) is 0. The second kappa shape index (κ2) is 9.83. The molecule has 0 saturated carbocycles. The molecule has 0 spiro atoms. The van der Waals surface area contributed by atoms with Crippen LogP contribution in [0.25, 0.3) is 0 Å². The Labute approximate surface area is 185 Å². The molecule has 2 fully saturated rings. The largest absolute Gasteiger partial charge is 0.488 e. The van der Waals surface area contributed by atoms with Crippen molar-refractivity contribution in [1.82, 2.24) is 0 Å². The molecule has 4 rings (SSSR count). The van der Waals surface area contributed by atoms with E-state index in [4.69, 9.17) is 25.8 Å². The van der Waals surface area contributed by atoms with Gasteiger partial charge >= 0.3 is 0 Å². The summed E-state index contributed by atoms with van der Waals surface area (Å²) in [6, 6.07) is 13.0. The maximum Gasteiger partial charge on any atom is 0.124 e. The van der Waals surface area contributed by atoms with Gasteiger partial charge in [0.2, 0.25) is 0 Å². The van der Waals surface area contributed by atoms with Gasteiger partial charge in [0.1, 0.15) is 42.4 Å². The minimum absolute atomic E-state index is 0.0931. The Morgan fingerprint density at radius 2 is 1.77 bits per heavy atom. The van der Waals surface area contributed by atoms with Crippen LogP contribution >= 0.6 is 11.6 Å². The second-order valence-electron chi connectivity index (χ2n) is 8.02. The molecule has 0 unspecified atom stereocenters. The Balaban J connectivity index is 1.49. The standard InChI is InChI=1S/C23H27ClO7/c24-18-6-3-14(23-22(28)21(27)20(26)19(11-25)31-23)10-15(18)9-13-1-4-16(5-2-13)30-17-7-8-29-12-17/h1-6,10,17,19-23,25-28H,7-9,11-12H2/t17-,19+,20-,21-,22+,23-/m0/s1. The van der Waals surface area contributed by atoms with E-state index in [0.717, 1.165) is 29.9 Å². The highest BCUT2D eigenvalue weighted by Crippen LogP contribution is 2.34. The smallest absolute Gasteiger partial charge is 0.124 e. The van der Waals surface area contributed by atoms with E-state index in [9.17, 15) is 20.4 Å². The van der Waals surface area contributed by atoms with Crippen LogP contribution in [-0.4, -0.2) is 70.8 Å². The Hall–Kier alpha value is -1.71. The molecule has 2 aliphatic heterocycles. The van der Waals surface area contributed by atoms with Crippen molar-refractivity contribution < 1.29 is 34.6 Å². The summed E-state index contributed by atoms with van der Waals surface area (Å²) in [7, 11) is 0. The molecule has 8 heteroatoms. The summed E-state index contributed by atoms with van der Waals surface area (Å²) in [5.41, 5.74) is 2.47. The maximum atomic E-state index is 10.4. The number of hydrogen-bond donors (Lipinski definition) is 4. The third-order valence-corrected chi connectivity index (χ3v) is 6.17. The topological polar surface area (TPSA) is 109 Å². The number of ether oxygens (including phenoxy) is 3. The average molecular weight is 451 g/mol. The van der Waals surface area contributed by atoms with Gasteiger partial charge in [-0.15, -0.1) is 0 Å². The molecule has 2 aromatic rings. The van der Waals surface area contributed by atoms with Crippen molar-refractivity contribution in [2.24, 2.45) is 0 Å². The molecule has 31 heavy (non-hydrogen) atoms. The summed E-state index contributed by atoms with van der Waals surface area (Å²) in [6.45, 7) is 0.872. The lowest BCUT2D eigenvalue weighted by molar-refractivity contribution is -0.231. The highest BCUT2D eigenvalue weighted by molar-refractivity contribution is 6.31. The minimum Gasteiger partial charge on any atom is -0.488 e. The van der Waals surface area contributed by atoms with Gasteiger partial charge < -0.3 is 34.6 Å². The minimum atomic E-state index is -1.42. The number of aliphatic hydroxyl groups excluding tert-OH is 4. The third-order valence-electron chi connectivity index (χ3n) is 5.80. The summed E-state index contributed by atoms with van der Waals surface area (Å²) in [6.07, 6.45) is -4.46. The molecule has 0 amide bonds. The van der Waals surface area contributed by atoms with E-state index in [0.29, 0.717) is 23.6 Å². The lowest BCUT2D eigenvalue weighted by atomic mass is 9.90. The molecule has 0 bridgehead atoms. The number of rotatable bonds is 6. The predicted octanol–water partition coefficient (Wildman–Crippen LogP) is 1.61. The van der Waals surface area contributed by atoms with Crippen LogP contribution in [0, 0.1) is 0 Å². The van der Waals surface area contributed by atoms with Crippen molar-refractivity contribution in [3.05, 3.63) is 64.2 Å². The zero-order chi connectivity index (χ0) is 22.0. The van der Waals surface area contributed by atoms with Gasteiger partial charge in [-0.1, -0.05) is 35.9 Å². The van der Waals surface area contributed by atoms with E-state index in [1.165, 1.54) is 0 Å². The number of aliphatic hydroxyl groups is 4. The van der Waals surface area contributed by atoms with E-state index < -0.39 is 37.1 Å². The van der Waals surface area contributed by atoms with Crippen molar-refractivity contribution in [3.63, 3.8) is 0 Å². The quantitative estimate of drug-likeness (QED) is 0.529. The fourth-order valence-electron chi connectivity index (χ4n) is 3.99. The van der Waals surface area contributed by atoms with Crippen LogP contribution in [-0.2, 0) is 15.9 Å². The second-order valence-corrected chi connectivity index (χ2v) is 8.43. The van der Waals surface area contributed by atoms with Crippen molar-refractivity contribution in [3.8, 4) is 5.75 Å².